The third-order valence-electron chi connectivity index (χ3n) is 4.14. The van der Waals surface area contributed by atoms with Crippen LogP contribution in [0.15, 0.2) is 66.2 Å². The molecule has 0 radical (unpaired) electrons. The zero-order valence-corrected chi connectivity index (χ0v) is 14.2. The topological polar surface area (TPSA) is 20.2 Å². The molecule has 3 aromatic rings. The third kappa shape index (κ3) is 2.78. The number of nitrogens with one attached hydrogen (secondary N) is 1. The van der Waals surface area contributed by atoms with E-state index in [-0.39, 0.29) is 6.04 Å². The van der Waals surface area contributed by atoms with E-state index in [1.807, 2.05) is 30.3 Å². The van der Waals surface area contributed by atoms with Gasteiger partial charge in [-0.3, -0.25) is 0 Å². The minimum absolute atomic E-state index is 0.183. The van der Waals surface area contributed by atoms with Gasteiger partial charge >= 0.3 is 0 Å². The highest BCUT2D eigenvalue weighted by molar-refractivity contribution is 7.80. The van der Waals surface area contributed by atoms with Crippen LogP contribution in [0.25, 0.3) is 0 Å². The van der Waals surface area contributed by atoms with Gasteiger partial charge in [0, 0.05) is 35.5 Å². The molecule has 0 amide bonds. The Bertz CT molecular complexity index is 793. The quantitative estimate of drug-likeness (QED) is 0.701. The fourth-order valence-corrected chi connectivity index (χ4v) is 4.23. The normalized spacial score (nSPS) is 16.9. The molecule has 1 aliphatic heterocycles. The molecule has 0 unspecified atom stereocenters. The maximum absolute atomic E-state index is 5.72. The average molecular weight is 339 g/mol. The van der Waals surface area contributed by atoms with Crippen LogP contribution in [0.1, 0.15) is 16.6 Å². The molecule has 0 aliphatic carbocycles. The van der Waals surface area contributed by atoms with Crippen molar-refractivity contribution in [1.29, 1.82) is 0 Å². The first-order valence-electron chi connectivity index (χ1n) is 7.64. The van der Waals surface area contributed by atoms with Crippen molar-refractivity contribution >= 4 is 34.4 Å². The molecule has 23 heavy (non-hydrogen) atoms. The van der Waals surface area contributed by atoms with E-state index in [4.69, 9.17) is 12.2 Å². The lowest BCUT2D eigenvalue weighted by molar-refractivity contribution is 0.297. The number of fused-ring (bicyclic) bond motifs is 1. The zero-order chi connectivity index (χ0) is 15.6. The molecule has 0 bridgehead atoms. The van der Waals surface area contributed by atoms with Gasteiger partial charge in [-0.2, -0.15) is 0 Å². The summed E-state index contributed by atoms with van der Waals surface area (Å²) in [4.78, 5) is 3.62. The van der Waals surface area contributed by atoms with Gasteiger partial charge in [0.2, 0.25) is 0 Å². The summed E-state index contributed by atoms with van der Waals surface area (Å²) < 4.78 is 2.33. The van der Waals surface area contributed by atoms with Crippen LogP contribution >= 0.6 is 23.6 Å². The number of benzene rings is 1. The first-order valence-corrected chi connectivity index (χ1v) is 8.93. The van der Waals surface area contributed by atoms with Crippen molar-refractivity contribution < 1.29 is 0 Å². The summed E-state index contributed by atoms with van der Waals surface area (Å²) in [5.41, 5.74) is 2.33. The van der Waals surface area contributed by atoms with E-state index in [1.54, 1.807) is 11.3 Å². The number of thiocarbonyl (C=S) groups is 1. The Morgan fingerprint density at radius 2 is 1.91 bits per heavy atom. The molecule has 0 spiro atoms. The fourth-order valence-electron chi connectivity index (χ4n) is 3.07. The first kappa shape index (κ1) is 14.5. The Hall–Kier alpha value is -2.11. The fraction of sp³-hybridized carbons (Fsp3) is 0.167. The first-order chi connectivity index (χ1) is 11.3. The summed E-state index contributed by atoms with van der Waals surface area (Å²) in [5, 5.41) is 6.29. The summed E-state index contributed by atoms with van der Waals surface area (Å²) in [6, 6.07) is 18.9. The Balaban J connectivity index is 1.66. The van der Waals surface area contributed by atoms with E-state index in [9.17, 15) is 0 Å². The van der Waals surface area contributed by atoms with Crippen molar-refractivity contribution in [2.75, 3.05) is 11.9 Å². The van der Waals surface area contributed by atoms with Crippen molar-refractivity contribution in [2.24, 2.45) is 0 Å². The second-order valence-corrected chi connectivity index (χ2v) is 6.90. The van der Waals surface area contributed by atoms with Crippen molar-refractivity contribution in [2.45, 2.75) is 12.6 Å². The smallest absolute Gasteiger partial charge is 0.174 e. The number of anilines is 1. The molecule has 1 N–H and O–H groups in total. The van der Waals surface area contributed by atoms with Crippen LogP contribution in [-0.4, -0.2) is 21.1 Å². The Labute approximate surface area is 145 Å². The molecule has 2 aromatic heterocycles. The summed E-state index contributed by atoms with van der Waals surface area (Å²) in [6.07, 6.45) is 2.15. The number of aromatic nitrogens is 1. The minimum atomic E-state index is 0.183. The minimum Gasteiger partial charge on any atom is -0.347 e. The Morgan fingerprint density at radius 1 is 1.04 bits per heavy atom. The van der Waals surface area contributed by atoms with Crippen LogP contribution < -0.4 is 5.32 Å². The monoisotopic (exact) mass is 339 g/mol. The van der Waals surface area contributed by atoms with Crippen LogP contribution in [0.3, 0.4) is 0 Å². The Kier molecular flexibility index (Phi) is 3.89. The lowest BCUT2D eigenvalue weighted by Gasteiger charge is -2.38. The molecule has 3 nitrogen and oxygen atoms in total. The maximum Gasteiger partial charge on any atom is 0.174 e. The van der Waals surface area contributed by atoms with Crippen LogP contribution in [-0.2, 0) is 6.54 Å². The molecular formula is C18H17N3S2. The SMILES string of the molecule is S=C(Nc1ccccc1)N1CCn2cccc2[C@H]1c1cccs1. The van der Waals surface area contributed by atoms with Gasteiger partial charge in [0.05, 0.1) is 0 Å². The number of hydrogen-bond acceptors (Lipinski definition) is 2. The molecule has 5 heteroatoms. The molecule has 3 heterocycles. The largest absolute Gasteiger partial charge is 0.347 e. The lowest BCUT2D eigenvalue weighted by atomic mass is 10.1. The highest BCUT2D eigenvalue weighted by Gasteiger charge is 2.31. The number of thiophene rings is 1. The van der Waals surface area contributed by atoms with Gasteiger partial charge in [-0.25, -0.2) is 0 Å². The van der Waals surface area contributed by atoms with E-state index in [0.717, 1.165) is 23.9 Å². The summed E-state index contributed by atoms with van der Waals surface area (Å²) in [5.74, 6) is 0. The van der Waals surface area contributed by atoms with E-state index >= 15 is 0 Å². The molecule has 1 aromatic carbocycles. The van der Waals surface area contributed by atoms with Crippen LogP contribution in [0.4, 0.5) is 5.69 Å². The maximum atomic E-state index is 5.72. The molecular weight excluding hydrogens is 322 g/mol. The Morgan fingerprint density at radius 3 is 2.70 bits per heavy atom. The third-order valence-corrected chi connectivity index (χ3v) is 5.40. The second-order valence-electron chi connectivity index (χ2n) is 5.53. The van der Waals surface area contributed by atoms with Gasteiger partial charge in [0.15, 0.2) is 5.11 Å². The summed E-state index contributed by atoms with van der Waals surface area (Å²) in [7, 11) is 0. The number of rotatable bonds is 2. The highest BCUT2D eigenvalue weighted by atomic mass is 32.1. The molecule has 4 rings (SSSR count). The predicted octanol–water partition coefficient (Wildman–Crippen LogP) is 4.35. The van der Waals surface area contributed by atoms with Crippen molar-refractivity contribution in [3.8, 4) is 0 Å². The van der Waals surface area contributed by atoms with Gasteiger partial charge in [0.1, 0.15) is 6.04 Å². The standard InChI is InChI=1S/C18H17N3S2/c22-18(19-14-6-2-1-3-7-14)21-12-11-20-10-4-8-15(20)17(21)16-9-5-13-23-16/h1-10,13,17H,11-12H2,(H,19,22)/t17-/m0/s1. The zero-order valence-electron chi connectivity index (χ0n) is 12.6. The average Bonchev–Trinajstić information content (AvgIpc) is 3.26. The van der Waals surface area contributed by atoms with Crippen LogP contribution in [0.2, 0.25) is 0 Å². The van der Waals surface area contributed by atoms with Crippen molar-refractivity contribution in [1.82, 2.24) is 9.47 Å². The molecule has 116 valence electrons. The van der Waals surface area contributed by atoms with Gasteiger partial charge in [-0.1, -0.05) is 24.3 Å². The molecule has 1 aliphatic rings. The summed E-state index contributed by atoms with van der Waals surface area (Å²) in [6.45, 7) is 1.86. The second kappa shape index (κ2) is 6.18. The lowest BCUT2D eigenvalue weighted by Crippen LogP contribution is -2.44. The van der Waals surface area contributed by atoms with E-state index < -0.39 is 0 Å². The number of hydrogen-bond donors (Lipinski definition) is 1. The van der Waals surface area contributed by atoms with Crippen LogP contribution in [0, 0.1) is 0 Å². The number of para-hydroxylation sites is 1. The molecule has 1 atom stereocenters. The predicted molar refractivity (Wildman–Crippen MR) is 100.0 cm³/mol. The molecule has 0 fully saturated rings. The van der Waals surface area contributed by atoms with Crippen molar-refractivity contribution in [3.05, 3.63) is 76.7 Å². The van der Waals surface area contributed by atoms with E-state index in [1.165, 1.54) is 10.6 Å². The van der Waals surface area contributed by atoms with E-state index in [2.05, 4.69) is 50.6 Å². The molecule has 0 saturated carbocycles. The van der Waals surface area contributed by atoms with Crippen molar-refractivity contribution in [3.63, 3.8) is 0 Å². The van der Waals surface area contributed by atoms with Gasteiger partial charge in [0.25, 0.3) is 0 Å². The summed E-state index contributed by atoms with van der Waals surface area (Å²) >= 11 is 7.50. The van der Waals surface area contributed by atoms with Gasteiger partial charge in [-0.15, -0.1) is 11.3 Å². The van der Waals surface area contributed by atoms with Gasteiger partial charge < -0.3 is 14.8 Å². The van der Waals surface area contributed by atoms with E-state index in [0.29, 0.717) is 0 Å². The van der Waals surface area contributed by atoms with Gasteiger partial charge in [-0.05, 0) is 47.9 Å². The van der Waals surface area contributed by atoms with Crippen LogP contribution in [0.5, 0.6) is 0 Å². The highest BCUT2D eigenvalue weighted by Crippen LogP contribution is 2.35. The molecule has 0 saturated heterocycles. The number of nitrogens with zero attached hydrogens (tertiary/aromatic N) is 2.